The Morgan fingerprint density at radius 3 is 3.12 bits per heavy atom. The molecule has 0 amide bonds. The van der Waals surface area contributed by atoms with Gasteiger partial charge in [-0.3, -0.25) is 4.99 Å². The van der Waals surface area contributed by atoms with Gasteiger partial charge in [0.1, 0.15) is 0 Å². The van der Waals surface area contributed by atoms with Gasteiger partial charge in [-0.2, -0.15) is 0 Å². The molecule has 1 aliphatic carbocycles. The zero-order chi connectivity index (χ0) is 12.1. The molecular formula is C13H24N2OS. The van der Waals surface area contributed by atoms with Crippen molar-refractivity contribution in [3.8, 4) is 0 Å². The van der Waals surface area contributed by atoms with Gasteiger partial charge >= 0.3 is 0 Å². The van der Waals surface area contributed by atoms with Crippen LogP contribution >= 0.6 is 11.8 Å². The molecule has 3 atom stereocenters. The van der Waals surface area contributed by atoms with Gasteiger partial charge in [0.25, 0.3) is 0 Å². The Morgan fingerprint density at radius 2 is 2.35 bits per heavy atom. The van der Waals surface area contributed by atoms with E-state index in [1.54, 1.807) is 7.11 Å². The third-order valence-corrected chi connectivity index (χ3v) is 4.68. The van der Waals surface area contributed by atoms with Crippen molar-refractivity contribution in [3.05, 3.63) is 0 Å². The first-order chi connectivity index (χ1) is 8.28. The minimum absolute atomic E-state index is 0.462. The number of thioether (sulfide) groups is 1. The summed E-state index contributed by atoms with van der Waals surface area (Å²) in [4.78, 5) is 4.73. The van der Waals surface area contributed by atoms with Gasteiger partial charge in [0.2, 0.25) is 0 Å². The predicted octanol–water partition coefficient (Wildman–Crippen LogP) is 2.66. The van der Waals surface area contributed by atoms with Crippen LogP contribution in [0, 0.1) is 5.92 Å². The third-order valence-electron chi connectivity index (χ3n) is 3.63. The molecule has 0 spiro atoms. The van der Waals surface area contributed by atoms with Crippen LogP contribution in [-0.2, 0) is 4.74 Å². The second kappa shape index (κ2) is 6.64. The van der Waals surface area contributed by atoms with E-state index in [1.807, 2.05) is 11.8 Å². The Bertz CT molecular complexity index is 270. The number of methoxy groups -OCH3 is 1. The van der Waals surface area contributed by atoms with E-state index in [2.05, 4.69) is 12.2 Å². The lowest BCUT2D eigenvalue weighted by atomic mass is 9.87. The summed E-state index contributed by atoms with van der Waals surface area (Å²) >= 11 is 1.88. The zero-order valence-corrected chi connectivity index (χ0v) is 11.8. The van der Waals surface area contributed by atoms with Gasteiger partial charge in [-0.1, -0.05) is 31.5 Å². The fourth-order valence-electron chi connectivity index (χ4n) is 2.64. The number of ether oxygens (including phenoxy) is 1. The molecule has 3 unspecified atom stereocenters. The van der Waals surface area contributed by atoms with Gasteiger partial charge in [0.05, 0.1) is 6.04 Å². The second-order valence-corrected chi connectivity index (χ2v) is 6.30. The number of rotatable bonds is 4. The first kappa shape index (κ1) is 13.2. The van der Waals surface area contributed by atoms with Crippen molar-refractivity contribution in [2.75, 3.05) is 19.5 Å². The SMILES string of the molecule is COCCC1CSC(NC2CCCC(C)C2)=N1. The van der Waals surface area contributed by atoms with Crippen LogP contribution in [0.25, 0.3) is 0 Å². The third kappa shape index (κ3) is 4.18. The Morgan fingerprint density at radius 1 is 1.47 bits per heavy atom. The van der Waals surface area contributed by atoms with Gasteiger partial charge in [-0.05, 0) is 25.2 Å². The number of amidine groups is 1. The minimum atomic E-state index is 0.462. The summed E-state index contributed by atoms with van der Waals surface area (Å²) < 4.78 is 5.10. The van der Waals surface area contributed by atoms with E-state index in [0.29, 0.717) is 12.1 Å². The monoisotopic (exact) mass is 256 g/mol. The maximum absolute atomic E-state index is 5.10. The Labute approximate surface area is 109 Å². The van der Waals surface area contributed by atoms with Crippen LogP contribution in [0.2, 0.25) is 0 Å². The molecule has 1 N–H and O–H groups in total. The van der Waals surface area contributed by atoms with E-state index < -0.39 is 0 Å². The number of hydrogen-bond donors (Lipinski definition) is 1. The molecule has 4 heteroatoms. The first-order valence-corrected chi connectivity index (χ1v) is 7.72. The topological polar surface area (TPSA) is 33.6 Å². The number of hydrogen-bond acceptors (Lipinski definition) is 4. The molecule has 0 aromatic rings. The summed E-state index contributed by atoms with van der Waals surface area (Å²) in [5.41, 5.74) is 0. The van der Waals surface area contributed by atoms with Crippen LogP contribution in [0.1, 0.15) is 39.0 Å². The Balaban J connectivity index is 1.75. The lowest BCUT2D eigenvalue weighted by Gasteiger charge is -2.27. The average molecular weight is 256 g/mol. The molecule has 1 heterocycles. The Kier molecular flexibility index (Phi) is 5.16. The molecule has 0 aromatic carbocycles. The standard InChI is InChI=1S/C13H24N2OS/c1-10-4-3-5-11(8-10)14-13-15-12(9-17-13)6-7-16-2/h10-12H,3-9H2,1-2H3,(H,14,15). The van der Waals surface area contributed by atoms with Gasteiger partial charge < -0.3 is 10.1 Å². The molecule has 0 radical (unpaired) electrons. The molecule has 1 fully saturated rings. The molecule has 2 aliphatic rings. The van der Waals surface area contributed by atoms with Gasteiger partial charge in [0, 0.05) is 25.5 Å². The van der Waals surface area contributed by atoms with Crippen molar-refractivity contribution in [3.63, 3.8) is 0 Å². The molecule has 1 aliphatic heterocycles. The molecule has 2 rings (SSSR count). The van der Waals surface area contributed by atoms with Crippen LogP contribution in [-0.4, -0.2) is 36.7 Å². The van der Waals surface area contributed by atoms with Crippen LogP contribution in [0.5, 0.6) is 0 Å². The largest absolute Gasteiger partial charge is 0.385 e. The smallest absolute Gasteiger partial charge is 0.157 e. The molecule has 0 saturated heterocycles. The summed E-state index contributed by atoms with van der Waals surface area (Å²) in [6, 6.07) is 1.12. The van der Waals surface area contributed by atoms with E-state index in [1.165, 1.54) is 30.9 Å². The van der Waals surface area contributed by atoms with Crippen LogP contribution in [0.15, 0.2) is 4.99 Å². The molecule has 17 heavy (non-hydrogen) atoms. The van der Waals surface area contributed by atoms with Crippen LogP contribution in [0.3, 0.4) is 0 Å². The van der Waals surface area contributed by atoms with E-state index in [9.17, 15) is 0 Å². The van der Waals surface area contributed by atoms with Gasteiger partial charge in [0.15, 0.2) is 5.17 Å². The summed E-state index contributed by atoms with van der Waals surface area (Å²) in [6.07, 6.45) is 6.43. The number of nitrogens with zero attached hydrogens (tertiary/aromatic N) is 1. The Hall–Kier alpha value is -0.220. The van der Waals surface area contributed by atoms with E-state index >= 15 is 0 Å². The fraction of sp³-hybridized carbons (Fsp3) is 0.923. The van der Waals surface area contributed by atoms with Gasteiger partial charge in [-0.15, -0.1) is 0 Å². The van der Waals surface area contributed by atoms with Crippen LogP contribution < -0.4 is 5.32 Å². The molecule has 0 bridgehead atoms. The van der Waals surface area contributed by atoms with E-state index in [-0.39, 0.29) is 0 Å². The summed E-state index contributed by atoms with van der Waals surface area (Å²) in [5, 5.41) is 4.80. The second-order valence-electron chi connectivity index (χ2n) is 5.29. The maximum atomic E-state index is 5.10. The summed E-state index contributed by atoms with van der Waals surface area (Å²) in [6.45, 7) is 3.18. The highest BCUT2D eigenvalue weighted by molar-refractivity contribution is 8.14. The minimum Gasteiger partial charge on any atom is -0.385 e. The maximum Gasteiger partial charge on any atom is 0.157 e. The van der Waals surface area contributed by atoms with Crippen molar-refractivity contribution >= 4 is 16.9 Å². The van der Waals surface area contributed by atoms with E-state index in [4.69, 9.17) is 9.73 Å². The van der Waals surface area contributed by atoms with E-state index in [0.717, 1.165) is 24.7 Å². The number of nitrogens with one attached hydrogen (secondary N) is 1. The molecule has 3 nitrogen and oxygen atoms in total. The summed E-state index contributed by atoms with van der Waals surface area (Å²) in [5.74, 6) is 1.99. The normalized spacial score (nSPS) is 33.5. The van der Waals surface area contributed by atoms with Crippen molar-refractivity contribution in [1.82, 2.24) is 5.32 Å². The van der Waals surface area contributed by atoms with Gasteiger partial charge in [-0.25, -0.2) is 0 Å². The fourth-order valence-corrected chi connectivity index (χ4v) is 3.70. The molecular weight excluding hydrogens is 232 g/mol. The van der Waals surface area contributed by atoms with Crippen molar-refractivity contribution < 1.29 is 4.74 Å². The number of aliphatic imine (C=N–C) groups is 1. The first-order valence-electron chi connectivity index (χ1n) is 6.74. The zero-order valence-electron chi connectivity index (χ0n) is 10.9. The predicted molar refractivity (Wildman–Crippen MR) is 74.7 cm³/mol. The quantitative estimate of drug-likeness (QED) is 0.839. The lowest BCUT2D eigenvalue weighted by molar-refractivity contribution is 0.190. The highest BCUT2D eigenvalue weighted by atomic mass is 32.2. The highest BCUT2D eigenvalue weighted by Gasteiger charge is 2.23. The van der Waals surface area contributed by atoms with Crippen molar-refractivity contribution in [2.45, 2.75) is 51.1 Å². The average Bonchev–Trinajstić information content (AvgIpc) is 2.74. The molecule has 1 saturated carbocycles. The lowest BCUT2D eigenvalue weighted by Crippen LogP contribution is -2.36. The van der Waals surface area contributed by atoms with Crippen LogP contribution in [0.4, 0.5) is 0 Å². The van der Waals surface area contributed by atoms with Crippen molar-refractivity contribution in [1.29, 1.82) is 0 Å². The van der Waals surface area contributed by atoms with Crippen molar-refractivity contribution in [2.24, 2.45) is 10.9 Å². The molecule has 0 aromatic heterocycles. The summed E-state index contributed by atoms with van der Waals surface area (Å²) in [7, 11) is 1.76. The molecule has 98 valence electrons. The highest BCUT2D eigenvalue weighted by Crippen LogP contribution is 2.26.